The summed E-state index contributed by atoms with van der Waals surface area (Å²) in [7, 11) is -2.64. The molecular weight excluding hydrogens is 367 g/mol. The molecule has 2 amide bonds. The van der Waals surface area contributed by atoms with Gasteiger partial charge in [0.05, 0.1) is 7.11 Å². The number of piperidine rings is 1. The molecule has 142 valence electrons. The predicted molar refractivity (Wildman–Crippen MR) is 87.4 cm³/mol. The van der Waals surface area contributed by atoms with Crippen LogP contribution in [0.2, 0.25) is 0 Å². The number of hydrogen-bond donors (Lipinski definition) is 0. The number of carbonyl (C=O) groups is 2. The van der Waals surface area contributed by atoms with Crippen LogP contribution >= 0.6 is 0 Å². The zero-order chi connectivity index (χ0) is 18.9. The number of ether oxygens (including phenoxy) is 2. The fraction of sp³-hybridized carbons (Fsp3) is 0.500. The number of imide groups is 1. The minimum Gasteiger partial charge on any atom is -0.495 e. The third kappa shape index (κ3) is 3.44. The van der Waals surface area contributed by atoms with Gasteiger partial charge < -0.3 is 9.47 Å². The summed E-state index contributed by atoms with van der Waals surface area (Å²) in [4.78, 5) is 24.8. The van der Waals surface area contributed by atoms with Crippen molar-refractivity contribution in [3.63, 3.8) is 0 Å². The van der Waals surface area contributed by atoms with E-state index >= 15 is 0 Å². The van der Waals surface area contributed by atoms with Crippen molar-refractivity contribution in [2.75, 3.05) is 33.4 Å². The first-order valence-electron chi connectivity index (χ1n) is 8.11. The fourth-order valence-corrected chi connectivity index (χ4v) is 4.88. The first-order chi connectivity index (χ1) is 12.3. The van der Waals surface area contributed by atoms with Crippen LogP contribution in [0.4, 0.5) is 4.39 Å². The van der Waals surface area contributed by atoms with Crippen LogP contribution < -0.4 is 4.74 Å². The standard InChI is InChI=1S/C16H19FN2O6S/c1-24-13-3-2-11(17)8-14(13)26(22,23)18-6-4-12(5-7-18)19-15(20)9-25-10-16(19)21/h2-3,8,12H,4-7,9-10H2,1H3. The van der Waals surface area contributed by atoms with Crippen molar-refractivity contribution in [1.29, 1.82) is 0 Å². The van der Waals surface area contributed by atoms with Crippen molar-refractivity contribution in [3.8, 4) is 5.75 Å². The van der Waals surface area contributed by atoms with Gasteiger partial charge in [0.1, 0.15) is 29.7 Å². The van der Waals surface area contributed by atoms with Crippen LogP contribution in [0.3, 0.4) is 0 Å². The predicted octanol–water partition coefficient (Wildman–Crippen LogP) is 0.373. The maximum Gasteiger partial charge on any atom is 0.255 e. The highest BCUT2D eigenvalue weighted by atomic mass is 32.2. The molecule has 26 heavy (non-hydrogen) atoms. The highest BCUT2D eigenvalue weighted by Gasteiger charge is 2.38. The molecule has 2 fully saturated rings. The highest BCUT2D eigenvalue weighted by Crippen LogP contribution is 2.30. The van der Waals surface area contributed by atoms with E-state index in [0.717, 1.165) is 12.1 Å². The Bertz CT molecular complexity index is 804. The smallest absolute Gasteiger partial charge is 0.255 e. The number of rotatable bonds is 4. The number of hydrogen-bond acceptors (Lipinski definition) is 6. The van der Waals surface area contributed by atoms with Gasteiger partial charge in [-0.05, 0) is 31.0 Å². The summed E-state index contributed by atoms with van der Waals surface area (Å²) in [5.74, 6) is -1.43. The Balaban J connectivity index is 1.76. The average molecular weight is 386 g/mol. The van der Waals surface area contributed by atoms with Gasteiger partial charge in [0.15, 0.2) is 0 Å². The Labute approximate surface area is 150 Å². The summed E-state index contributed by atoms with van der Waals surface area (Å²) in [6.45, 7) is -0.0648. The summed E-state index contributed by atoms with van der Waals surface area (Å²) in [5, 5.41) is 0. The molecule has 0 radical (unpaired) electrons. The Hall–Kier alpha value is -2.04. The number of methoxy groups -OCH3 is 1. The van der Waals surface area contributed by atoms with Crippen LogP contribution in [0.1, 0.15) is 12.8 Å². The van der Waals surface area contributed by atoms with Crippen LogP contribution in [-0.2, 0) is 24.3 Å². The molecule has 0 atom stereocenters. The minimum absolute atomic E-state index is 0.0621. The van der Waals surface area contributed by atoms with E-state index in [1.54, 1.807) is 0 Å². The molecular formula is C16H19FN2O6S. The third-order valence-corrected chi connectivity index (χ3v) is 6.44. The number of morpholine rings is 1. The summed E-state index contributed by atoms with van der Waals surface area (Å²) in [5.41, 5.74) is 0. The molecule has 2 heterocycles. The van der Waals surface area contributed by atoms with Gasteiger partial charge in [-0.25, -0.2) is 12.8 Å². The monoisotopic (exact) mass is 386 g/mol. The van der Waals surface area contributed by atoms with Crippen molar-refractivity contribution in [3.05, 3.63) is 24.0 Å². The number of amides is 2. The Morgan fingerprint density at radius 3 is 2.35 bits per heavy atom. The Morgan fingerprint density at radius 2 is 1.77 bits per heavy atom. The quantitative estimate of drug-likeness (QED) is 0.695. The van der Waals surface area contributed by atoms with Crippen molar-refractivity contribution < 1.29 is 31.9 Å². The van der Waals surface area contributed by atoms with E-state index in [1.807, 2.05) is 0 Å². The molecule has 2 aliphatic heterocycles. The van der Waals surface area contributed by atoms with E-state index in [0.29, 0.717) is 12.8 Å². The number of halogens is 1. The number of sulfonamides is 1. The molecule has 0 unspecified atom stereocenters. The molecule has 1 aromatic rings. The van der Waals surface area contributed by atoms with E-state index in [-0.39, 0.29) is 43.0 Å². The average Bonchev–Trinajstić information content (AvgIpc) is 2.62. The maximum atomic E-state index is 13.5. The number of benzene rings is 1. The van der Waals surface area contributed by atoms with Crippen LogP contribution in [0, 0.1) is 5.82 Å². The lowest BCUT2D eigenvalue weighted by Gasteiger charge is -2.38. The summed E-state index contributed by atoms with van der Waals surface area (Å²) >= 11 is 0. The summed E-state index contributed by atoms with van der Waals surface area (Å²) in [6.07, 6.45) is 0.628. The van der Waals surface area contributed by atoms with Gasteiger partial charge in [-0.15, -0.1) is 0 Å². The summed E-state index contributed by atoms with van der Waals surface area (Å²) in [6, 6.07) is 2.95. The van der Waals surface area contributed by atoms with Crippen molar-refractivity contribution in [1.82, 2.24) is 9.21 Å². The van der Waals surface area contributed by atoms with E-state index in [9.17, 15) is 22.4 Å². The zero-order valence-electron chi connectivity index (χ0n) is 14.2. The van der Waals surface area contributed by atoms with Crippen LogP contribution in [0.25, 0.3) is 0 Å². The third-order valence-electron chi connectivity index (χ3n) is 4.52. The number of nitrogens with zero attached hydrogens (tertiary/aromatic N) is 2. The van der Waals surface area contributed by atoms with E-state index in [4.69, 9.17) is 9.47 Å². The Kier molecular flexibility index (Phi) is 5.26. The molecule has 0 bridgehead atoms. The second kappa shape index (κ2) is 7.29. The molecule has 2 saturated heterocycles. The number of carbonyl (C=O) groups excluding carboxylic acids is 2. The molecule has 1 aromatic carbocycles. The van der Waals surface area contributed by atoms with Gasteiger partial charge in [0.2, 0.25) is 10.0 Å². The maximum absolute atomic E-state index is 13.5. The normalized spacial score (nSPS) is 20.5. The topological polar surface area (TPSA) is 93.2 Å². The Morgan fingerprint density at radius 1 is 1.15 bits per heavy atom. The zero-order valence-corrected chi connectivity index (χ0v) is 15.0. The molecule has 2 aliphatic rings. The van der Waals surface area contributed by atoms with Crippen LogP contribution in [0.15, 0.2) is 23.1 Å². The van der Waals surface area contributed by atoms with Gasteiger partial charge in [-0.1, -0.05) is 0 Å². The van der Waals surface area contributed by atoms with Crippen molar-refractivity contribution in [2.45, 2.75) is 23.8 Å². The van der Waals surface area contributed by atoms with Gasteiger partial charge in [-0.3, -0.25) is 14.5 Å². The van der Waals surface area contributed by atoms with E-state index in [2.05, 4.69) is 0 Å². The second-order valence-corrected chi connectivity index (χ2v) is 7.99. The van der Waals surface area contributed by atoms with E-state index < -0.39 is 27.7 Å². The fourth-order valence-electron chi connectivity index (χ4n) is 3.24. The molecule has 0 aliphatic carbocycles. The van der Waals surface area contributed by atoms with E-state index in [1.165, 1.54) is 22.4 Å². The molecule has 3 rings (SSSR count). The minimum atomic E-state index is -3.95. The molecule has 0 saturated carbocycles. The molecule has 0 aromatic heterocycles. The van der Waals surface area contributed by atoms with Gasteiger partial charge in [-0.2, -0.15) is 4.31 Å². The molecule has 0 N–H and O–H groups in total. The second-order valence-electron chi connectivity index (χ2n) is 6.08. The van der Waals surface area contributed by atoms with Crippen LogP contribution in [-0.4, -0.2) is 68.9 Å². The lowest BCUT2D eigenvalue weighted by molar-refractivity contribution is -0.162. The first kappa shape index (κ1) is 18.7. The van der Waals surface area contributed by atoms with Gasteiger partial charge in [0.25, 0.3) is 11.8 Å². The lowest BCUT2D eigenvalue weighted by atomic mass is 10.0. The highest BCUT2D eigenvalue weighted by molar-refractivity contribution is 7.89. The summed E-state index contributed by atoms with van der Waals surface area (Å²) < 4.78 is 50.4. The van der Waals surface area contributed by atoms with Crippen LogP contribution in [0.5, 0.6) is 5.75 Å². The SMILES string of the molecule is COc1ccc(F)cc1S(=O)(=O)N1CCC(N2C(=O)COCC2=O)CC1. The molecule has 10 heteroatoms. The molecule has 8 nitrogen and oxygen atoms in total. The molecule has 0 spiro atoms. The van der Waals surface area contributed by atoms with Crippen molar-refractivity contribution >= 4 is 21.8 Å². The largest absolute Gasteiger partial charge is 0.495 e. The van der Waals surface area contributed by atoms with Gasteiger partial charge >= 0.3 is 0 Å². The van der Waals surface area contributed by atoms with Crippen molar-refractivity contribution in [2.24, 2.45) is 0 Å². The van der Waals surface area contributed by atoms with Gasteiger partial charge in [0, 0.05) is 19.1 Å². The lowest BCUT2D eigenvalue weighted by Crippen LogP contribution is -2.55. The first-order valence-corrected chi connectivity index (χ1v) is 9.55.